The predicted octanol–water partition coefficient (Wildman–Crippen LogP) is 2.82. The summed E-state index contributed by atoms with van der Waals surface area (Å²) in [6.45, 7) is 0. The standard InChI is InChI=1S/C12H11N5S/c1-18-12-15-10(9-7-13-17-11(9)16-12)14-8-5-3-2-4-6-8/h2-7H,1H3,(H2,13,14,15,16,17). The van der Waals surface area contributed by atoms with Crippen LogP contribution in [0.1, 0.15) is 0 Å². The molecular weight excluding hydrogens is 246 g/mol. The molecule has 0 spiro atoms. The quantitative estimate of drug-likeness (QED) is 0.558. The van der Waals surface area contributed by atoms with Gasteiger partial charge in [0.15, 0.2) is 10.8 Å². The van der Waals surface area contributed by atoms with Gasteiger partial charge in [0.05, 0.1) is 11.6 Å². The number of anilines is 2. The van der Waals surface area contributed by atoms with Crippen LogP contribution < -0.4 is 5.32 Å². The van der Waals surface area contributed by atoms with Gasteiger partial charge >= 0.3 is 0 Å². The first kappa shape index (κ1) is 11.0. The number of nitrogens with one attached hydrogen (secondary N) is 2. The number of hydrogen-bond acceptors (Lipinski definition) is 5. The third kappa shape index (κ3) is 2.02. The SMILES string of the molecule is CSc1nc(Nc2ccccc2)c2cn[nH]c2n1. The number of rotatable bonds is 3. The Morgan fingerprint density at radius 1 is 1.17 bits per heavy atom. The van der Waals surface area contributed by atoms with Crippen LogP contribution >= 0.6 is 11.8 Å². The lowest BCUT2D eigenvalue weighted by Gasteiger charge is -2.07. The lowest BCUT2D eigenvalue weighted by atomic mass is 10.3. The molecule has 0 unspecified atom stereocenters. The molecule has 0 aliphatic rings. The fourth-order valence-electron chi connectivity index (χ4n) is 1.66. The Labute approximate surface area is 108 Å². The molecule has 18 heavy (non-hydrogen) atoms. The molecule has 0 atom stereocenters. The van der Waals surface area contributed by atoms with Crippen molar-refractivity contribution in [3.63, 3.8) is 0 Å². The van der Waals surface area contributed by atoms with Gasteiger partial charge in [-0.3, -0.25) is 5.10 Å². The van der Waals surface area contributed by atoms with E-state index in [2.05, 4.69) is 25.5 Å². The average Bonchev–Trinajstić information content (AvgIpc) is 2.88. The first-order valence-corrected chi connectivity index (χ1v) is 6.66. The maximum atomic E-state index is 4.47. The van der Waals surface area contributed by atoms with Crippen molar-refractivity contribution in [1.29, 1.82) is 0 Å². The van der Waals surface area contributed by atoms with E-state index >= 15 is 0 Å². The lowest BCUT2D eigenvalue weighted by Crippen LogP contribution is -1.97. The van der Waals surface area contributed by atoms with Crippen molar-refractivity contribution in [2.45, 2.75) is 5.16 Å². The number of para-hydroxylation sites is 1. The van der Waals surface area contributed by atoms with Crippen LogP contribution in [-0.2, 0) is 0 Å². The van der Waals surface area contributed by atoms with E-state index in [4.69, 9.17) is 0 Å². The zero-order chi connectivity index (χ0) is 12.4. The number of aromatic nitrogens is 4. The van der Waals surface area contributed by atoms with E-state index in [0.717, 1.165) is 22.5 Å². The van der Waals surface area contributed by atoms with E-state index in [1.165, 1.54) is 11.8 Å². The molecule has 2 aromatic heterocycles. The Morgan fingerprint density at radius 3 is 2.78 bits per heavy atom. The summed E-state index contributed by atoms with van der Waals surface area (Å²) in [5, 5.41) is 11.8. The Kier molecular flexibility index (Phi) is 2.85. The van der Waals surface area contributed by atoms with Crippen molar-refractivity contribution in [2.24, 2.45) is 0 Å². The number of nitrogens with zero attached hydrogens (tertiary/aromatic N) is 3. The van der Waals surface area contributed by atoms with E-state index in [9.17, 15) is 0 Å². The van der Waals surface area contributed by atoms with E-state index in [0.29, 0.717) is 5.16 Å². The van der Waals surface area contributed by atoms with Crippen LogP contribution in [0.3, 0.4) is 0 Å². The van der Waals surface area contributed by atoms with Crippen LogP contribution in [0.2, 0.25) is 0 Å². The molecule has 3 aromatic rings. The van der Waals surface area contributed by atoms with Crippen molar-refractivity contribution < 1.29 is 0 Å². The highest BCUT2D eigenvalue weighted by Gasteiger charge is 2.08. The van der Waals surface area contributed by atoms with Gasteiger partial charge in [-0.2, -0.15) is 5.10 Å². The van der Waals surface area contributed by atoms with Crippen molar-refractivity contribution in [1.82, 2.24) is 20.2 Å². The predicted molar refractivity (Wildman–Crippen MR) is 73.2 cm³/mol. The molecule has 0 saturated heterocycles. The Balaban J connectivity index is 2.07. The molecule has 90 valence electrons. The number of thioether (sulfide) groups is 1. The van der Waals surface area contributed by atoms with E-state index < -0.39 is 0 Å². The molecule has 0 amide bonds. The molecule has 0 bridgehead atoms. The first-order valence-electron chi connectivity index (χ1n) is 5.44. The Hall–Kier alpha value is -2.08. The van der Waals surface area contributed by atoms with Gasteiger partial charge in [0.2, 0.25) is 0 Å². The lowest BCUT2D eigenvalue weighted by molar-refractivity contribution is 0.988. The molecular formula is C12H11N5S. The van der Waals surface area contributed by atoms with Crippen LogP contribution in [0, 0.1) is 0 Å². The number of H-pyrrole nitrogens is 1. The van der Waals surface area contributed by atoms with Gasteiger partial charge in [-0.05, 0) is 18.4 Å². The first-order chi connectivity index (χ1) is 8.86. The van der Waals surface area contributed by atoms with Gasteiger partial charge in [-0.1, -0.05) is 30.0 Å². The molecule has 6 heteroatoms. The van der Waals surface area contributed by atoms with Crippen LogP contribution in [0.25, 0.3) is 11.0 Å². The van der Waals surface area contributed by atoms with Crippen molar-refractivity contribution in [3.05, 3.63) is 36.5 Å². The molecule has 0 aliphatic carbocycles. The van der Waals surface area contributed by atoms with Crippen LogP contribution in [0.4, 0.5) is 11.5 Å². The van der Waals surface area contributed by atoms with Gasteiger partial charge in [0.25, 0.3) is 0 Å². The highest BCUT2D eigenvalue weighted by atomic mass is 32.2. The number of aromatic amines is 1. The summed E-state index contributed by atoms with van der Waals surface area (Å²) in [5.74, 6) is 0.768. The summed E-state index contributed by atoms with van der Waals surface area (Å²) >= 11 is 1.50. The fourth-order valence-corrected chi connectivity index (χ4v) is 2.02. The maximum absolute atomic E-state index is 4.47. The average molecular weight is 257 g/mol. The van der Waals surface area contributed by atoms with Crippen molar-refractivity contribution in [3.8, 4) is 0 Å². The summed E-state index contributed by atoms with van der Waals surface area (Å²) in [6, 6.07) is 9.92. The van der Waals surface area contributed by atoms with Crippen LogP contribution in [-0.4, -0.2) is 26.4 Å². The highest BCUT2D eigenvalue weighted by molar-refractivity contribution is 7.98. The molecule has 0 aliphatic heterocycles. The summed E-state index contributed by atoms with van der Waals surface area (Å²) in [5.41, 5.74) is 1.73. The second kappa shape index (κ2) is 4.66. The fraction of sp³-hybridized carbons (Fsp3) is 0.0833. The van der Waals surface area contributed by atoms with Crippen molar-refractivity contribution in [2.75, 3.05) is 11.6 Å². The normalized spacial score (nSPS) is 10.7. The minimum atomic E-state index is 0.713. The largest absolute Gasteiger partial charge is 0.339 e. The third-order valence-electron chi connectivity index (χ3n) is 2.51. The van der Waals surface area contributed by atoms with Gasteiger partial charge in [0, 0.05) is 5.69 Å². The van der Waals surface area contributed by atoms with E-state index in [1.54, 1.807) is 6.20 Å². The minimum absolute atomic E-state index is 0.713. The van der Waals surface area contributed by atoms with Crippen LogP contribution in [0.5, 0.6) is 0 Å². The summed E-state index contributed by atoms with van der Waals surface area (Å²) in [7, 11) is 0. The van der Waals surface area contributed by atoms with Gasteiger partial charge < -0.3 is 5.32 Å². The van der Waals surface area contributed by atoms with E-state index in [1.807, 2.05) is 36.6 Å². The number of benzene rings is 1. The number of hydrogen-bond donors (Lipinski definition) is 2. The van der Waals surface area contributed by atoms with Crippen LogP contribution in [0.15, 0.2) is 41.7 Å². The monoisotopic (exact) mass is 257 g/mol. The van der Waals surface area contributed by atoms with Crippen molar-refractivity contribution >= 4 is 34.3 Å². The summed E-state index contributed by atoms with van der Waals surface area (Å²) in [6.07, 6.45) is 3.68. The van der Waals surface area contributed by atoms with Gasteiger partial charge in [-0.15, -0.1) is 0 Å². The molecule has 5 nitrogen and oxygen atoms in total. The molecule has 3 rings (SSSR count). The maximum Gasteiger partial charge on any atom is 0.191 e. The van der Waals surface area contributed by atoms with Gasteiger partial charge in [0.1, 0.15) is 5.82 Å². The number of fused-ring (bicyclic) bond motifs is 1. The van der Waals surface area contributed by atoms with Gasteiger partial charge in [-0.25, -0.2) is 9.97 Å². The highest BCUT2D eigenvalue weighted by Crippen LogP contribution is 2.24. The zero-order valence-corrected chi connectivity index (χ0v) is 10.5. The molecule has 2 N–H and O–H groups in total. The molecule has 0 saturated carbocycles. The smallest absolute Gasteiger partial charge is 0.191 e. The third-order valence-corrected chi connectivity index (χ3v) is 3.06. The Bertz CT molecular complexity index is 665. The zero-order valence-electron chi connectivity index (χ0n) is 9.71. The molecule has 0 fully saturated rings. The molecule has 1 aromatic carbocycles. The topological polar surface area (TPSA) is 66.5 Å². The summed E-state index contributed by atoms with van der Waals surface area (Å²) < 4.78 is 0. The molecule has 2 heterocycles. The summed E-state index contributed by atoms with van der Waals surface area (Å²) in [4.78, 5) is 8.82. The molecule has 0 radical (unpaired) electrons. The van der Waals surface area contributed by atoms with E-state index in [-0.39, 0.29) is 0 Å². The minimum Gasteiger partial charge on any atom is -0.339 e. The second-order valence-corrected chi connectivity index (χ2v) is 4.46. The second-order valence-electron chi connectivity index (χ2n) is 3.68. The Morgan fingerprint density at radius 2 is 2.00 bits per heavy atom.